The molecule has 3 aromatic carbocycles. The first-order valence-electron chi connectivity index (χ1n) is 8.12. The summed E-state index contributed by atoms with van der Waals surface area (Å²) < 4.78 is 5.88. The van der Waals surface area contributed by atoms with Crippen molar-refractivity contribution in [3.05, 3.63) is 94.0 Å². The summed E-state index contributed by atoms with van der Waals surface area (Å²) in [5, 5.41) is 4.65. The summed E-state index contributed by atoms with van der Waals surface area (Å²) in [6.07, 6.45) is 0. The second kappa shape index (κ2) is 8.39. The van der Waals surface area contributed by atoms with Gasteiger partial charge in [0.25, 0.3) is 0 Å². The van der Waals surface area contributed by atoms with Gasteiger partial charge in [-0.25, -0.2) is 0 Å². The molecule has 1 unspecified atom stereocenters. The molecule has 0 aromatic heterocycles. The van der Waals surface area contributed by atoms with Gasteiger partial charge in [0.15, 0.2) is 0 Å². The molecule has 0 saturated heterocycles. The Labute approximate surface area is 158 Å². The van der Waals surface area contributed by atoms with Crippen molar-refractivity contribution in [2.24, 2.45) is 0 Å². The molecule has 0 aliphatic carbocycles. The van der Waals surface area contributed by atoms with Crippen molar-refractivity contribution in [2.45, 2.75) is 19.5 Å². The molecule has 0 aliphatic rings. The van der Waals surface area contributed by atoms with Crippen LogP contribution in [0.1, 0.15) is 24.1 Å². The van der Waals surface area contributed by atoms with Gasteiger partial charge in [-0.05, 0) is 48.4 Å². The van der Waals surface area contributed by atoms with Gasteiger partial charge >= 0.3 is 0 Å². The van der Waals surface area contributed by atoms with Crippen molar-refractivity contribution in [3.8, 4) is 11.5 Å². The van der Waals surface area contributed by atoms with Crippen LogP contribution < -0.4 is 10.1 Å². The highest BCUT2D eigenvalue weighted by Crippen LogP contribution is 2.30. The average molecular weight is 372 g/mol. The molecule has 0 bridgehead atoms. The van der Waals surface area contributed by atoms with E-state index in [2.05, 4.69) is 18.3 Å². The quantitative estimate of drug-likeness (QED) is 0.524. The lowest BCUT2D eigenvalue weighted by molar-refractivity contribution is 0.481. The van der Waals surface area contributed by atoms with Crippen LogP contribution in [0.15, 0.2) is 72.8 Å². The number of hydrogen-bond donors (Lipinski definition) is 1. The second-order valence-electron chi connectivity index (χ2n) is 5.81. The first kappa shape index (κ1) is 17.8. The highest BCUT2D eigenvalue weighted by atomic mass is 35.5. The zero-order chi connectivity index (χ0) is 17.6. The number of ether oxygens (including phenoxy) is 1. The van der Waals surface area contributed by atoms with Crippen LogP contribution in [-0.2, 0) is 6.54 Å². The van der Waals surface area contributed by atoms with Gasteiger partial charge < -0.3 is 10.1 Å². The van der Waals surface area contributed by atoms with E-state index in [1.54, 1.807) is 6.07 Å². The monoisotopic (exact) mass is 371 g/mol. The fourth-order valence-electron chi connectivity index (χ4n) is 2.58. The Morgan fingerprint density at radius 2 is 1.60 bits per heavy atom. The van der Waals surface area contributed by atoms with Crippen LogP contribution in [0, 0.1) is 0 Å². The number of para-hydroxylation sites is 1. The Bertz CT molecular complexity index is 836. The third-order valence-electron chi connectivity index (χ3n) is 3.94. The molecule has 25 heavy (non-hydrogen) atoms. The predicted molar refractivity (Wildman–Crippen MR) is 105 cm³/mol. The summed E-state index contributed by atoms with van der Waals surface area (Å²) >= 11 is 12.4. The summed E-state index contributed by atoms with van der Waals surface area (Å²) in [7, 11) is 0. The number of nitrogens with one attached hydrogen (secondary N) is 1. The minimum Gasteiger partial charge on any atom is -0.457 e. The summed E-state index contributed by atoms with van der Waals surface area (Å²) in [6, 6.07) is 23.6. The maximum Gasteiger partial charge on any atom is 0.127 e. The van der Waals surface area contributed by atoms with Crippen molar-refractivity contribution >= 4 is 23.2 Å². The van der Waals surface area contributed by atoms with E-state index in [4.69, 9.17) is 27.9 Å². The van der Waals surface area contributed by atoms with Crippen molar-refractivity contribution in [1.29, 1.82) is 0 Å². The summed E-state index contributed by atoms with van der Waals surface area (Å²) in [5.41, 5.74) is 2.13. The smallest absolute Gasteiger partial charge is 0.127 e. The first-order valence-corrected chi connectivity index (χ1v) is 8.88. The van der Waals surface area contributed by atoms with Crippen molar-refractivity contribution < 1.29 is 4.74 Å². The number of halogens is 2. The molecular formula is C21H19Cl2NO. The third-order valence-corrected chi connectivity index (χ3v) is 4.77. The minimum atomic E-state index is 0.0879. The van der Waals surface area contributed by atoms with Crippen LogP contribution in [0.3, 0.4) is 0 Å². The Kier molecular flexibility index (Phi) is 5.98. The van der Waals surface area contributed by atoms with Crippen LogP contribution in [0.2, 0.25) is 10.0 Å². The Balaban J connectivity index is 1.65. The molecular weight excluding hydrogens is 353 g/mol. The molecule has 0 fully saturated rings. The third kappa shape index (κ3) is 4.76. The molecule has 0 aliphatic heterocycles. The molecule has 2 nitrogen and oxygen atoms in total. The van der Waals surface area contributed by atoms with E-state index in [0.717, 1.165) is 22.6 Å². The predicted octanol–water partition coefficient (Wildman–Crippen LogP) is 6.64. The Morgan fingerprint density at radius 3 is 2.40 bits per heavy atom. The van der Waals surface area contributed by atoms with Gasteiger partial charge in [-0.3, -0.25) is 0 Å². The first-order chi connectivity index (χ1) is 12.1. The Morgan fingerprint density at radius 1 is 0.880 bits per heavy atom. The van der Waals surface area contributed by atoms with E-state index >= 15 is 0 Å². The molecule has 1 N–H and O–H groups in total. The molecule has 0 amide bonds. The molecule has 0 heterocycles. The summed E-state index contributed by atoms with van der Waals surface area (Å²) in [4.78, 5) is 0. The lowest BCUT2D eigenvalue weighted by Crippen LogP contribution is -2.18. The Hall–Kier alpha value is -2.00. The number of hydrogen-bond acceptors (Lipinski definition) is 2. The van der Waals surface area contributed by atoms with Crippen LogP contribution in [0.25, 0.3) is 0 Å². The second-order valence-corrected chi connectivity index (χ2v) is 6.59. The van der Waals surface area contributed by atoms with E-state index < -0.39 is 0 Å². The molecule has 3 aromatic rings. The average Bonchev–Trinajstić information content (AvgIpc) is 2.63. The van der Waals surface area contributed by atoms with Crippen LogP contribution in [0.5, 0.6) is 11.5 Å². The van der Waals surface area contributed by atoms with E-state index in [-0.39, 0.29) is 6.04 Å². The van der Waals surface area contributed by atoms with Crippen LogP contribution in [-0.4, -0.2) is 0 Å². The van der Waals surface area contributed by atoms with E-state index in [9.17, 15) is 0 Å². The summed E-state index contributed by atoms with van der Waals surface area (Å²) in [6.45, 7) is 2.78. The van der Waals surface area contributed by atoms with Gasteiger partial charge in [0, 0.05) is 12.6 Å². The number of benzene rings is 3. The van der Waals surface area contributed by atoms with Gasteiger partial charge in [0.2, 0.25) is 0 Å². The summed E-state index contributed by atoms with van der Waals surface area (Å²) in [5.74, 6) is 1.64. The van der Waals surface area contributed by atoms with E-state index in [1.807, 2.05) is 60.7 Å². The topological polar surface area (TPSA) is 21.3 Å². The van der Waals surface area contributed by atoms with E-state index in [0.29, 0.717) is 16.6 Å². The normalized spacial score (nSPS) is 12.0. The molecule has 3 rings (SSSR count). The lowest BCUT2D eigenvalue weighted by atomic mass is 10.1. The van der Waals surface area contributed by atoms with E-state index in [1.165, 1.54) is 0 Å². The van der Waals surface area contributed by atoms with Crippen LogP contribution in [0.4, 0.5) is 0 Å². The molecule has 128 valence electrons. The SMILES string of the molecule is CC(NCc1cccc(Oc2ccccc2)c1)c1cccc(Cl)c1Cl. The van der Waals surface area contributed by atoms with Gasteiger partial charge in [-0.15, -0.1) is 0 Å². The van der Waals surface area contributed by atoms with Crippen molar-refractivity contribution in [2.75, 3.05) is 0 Å². The fraction of sp³-hybridized carbons (Fsp3) is 0.143. The zero-order valence-electron chi connectivity index (χ0n) is 13.9. The zero-order valence-corrected chi connectivity index (χ0v) is 15.4. The van der Waals surface area contributed by atoms with Gasteiger partial charge in [0.1, 0.15) is 11.5 Å². The highest BCUT2D eigenvalue weighted by Gasteiger charge is 2.11. The lowest BCUT2D eigenvalue weighted by Gasteiger charge is -2.17. The minimum absolute atomic E-state index is 0.0879. The van der Waals surface area contributed by atoms with Gasteiger partial charge in [0.05, 0.1) is 10.0 Å². The van der Waals surface area contributed by atoms with Gasteiger partial charge in [-0.2, -0.15) is 0 Å². The maximum atomic E-state index is 6.29. The molecule has 4 heteroatoms. The fourth-order valence-corrected chi connectivity index (χ4v) is 3.05. The molecule has 0 spiro atoms. The van der Waals surface area contributed by atoms with Crippen molar-refractivity contribution in [1.82, 2.24) is 5.32 Å². The molecule has 0 saturated carbocycles. The van der Waals surface area contributed by atoms with Gasteiger partial charge in [-0.1, -0.05) is 65.7 Å². The molecule has 1 atom stereocenters. The number of rotatable bonds is 6. The highest BCUT2D eigenvalue weighted by molar-refractivity contribution is 6.42. The van der Waals surface area contributed by atoms with Crippen LogP contribution >= 0.6 is 23.2 Å². The largest absolute Gasteiger partial charge is 0.457 e. The van der Waals surface area contributed by atoms with Crippen molar-refractivity contribution in [3.63, 3.8) is 0 Å². The standard InChI is InChI=1S/C21H19Cl2NO/c1-15(19-11-6-12-20(22)21(19)23)24-14-16-7-5-10-18(13-16)25-17-8-3-2-4-9-17/h2-13,15,24H,14H2,1H3. The maximum absolute atomic E-state index is 6.29. The molecule has 0 radical (unpaired) electrons.